The zero-order valence-electron chi connectivity index (χ0n) is 19.7. The molecular weight excluding hydrogens is 478 g/mol. The summed E-state index contributed by atoms with van der Waals surface area (Å²) >= 11 is 7.39. The Balaban J connectivity index is 1.53. The van der Waals surface area contributed by atoms with Crippen LogP contribution in [0.2, 0.25) is 5.15 Å². The lowest BCUT2D eigenvalue weighted by Gasteiger charge is -2.13. The van der Waals surface area contributed by atoms with Gasteiger partial charge in [0.1, 0.15) is 11.0 Å². The Bertz CT molecular complexity index is 1350. The summed E-state index contributed by atoms with van der Waals surface area (Å²) in [4.78, 5) is 29.2. The third-order valence-corrected chi connectivity index (χ3v) is 7.61. The van der Waals surface area contributed by atoms with Crippen LogP contribution >= 0.6 is 22.9 Å². The van der Waals surface area contributed by atoms with Crippen LogP contribution in [0.4, 0.5) is 10.9 Å². The van der Waals surface area contributed by atoms with Crippen molar-refractivity contribution in [1.29, 1.82) is 0 Å². The maximum absolute atomic E-state index is 13.1. The normalized spacial score (nSPS) is 13.7. The zero-order valence-corrected chi connectivity index (χ0v) is 21.2. The Kier molecular flexibility index (Phi) is 6.79. The molecular formula is C27H26ClN5OS. The predicted octanol–water partition coefficient (Wildman–Crippen LogP) is 6.86. The maximum Gasteiger partial charge on any atom is 0.261 e. The number of anilines is 2. The standard InChI is InChI=1S/C27H26ClN5OS/c1-17-6-5-7-18(14-17)24-25(19-12-13-29-23(15-19)31-21-8-3-4-9-21)35-27(32-24)33(2)26(34)20-10-11-22(28)30-16-20/h5-7,10-16,21H,3-4,8-9H2,1-2H3,(H,29,31). The molecule has 3 aromatic heterocycles. The quantitative estimate of drug-likeness (QED) is 0.291. The average molecular weight is 504 g/mol. The van der Waals surface area contributed by atoms with Crippen LogP contribution in [0.15, 0.2) is 60.9 Å². The molecule has 1 saturated carbocycles. The first-order valence-corrected chi connectivity index (χ1v) is 12.9. The van der Waals surface area contributed by atoms with Gasteiger partial charge in [0.05, 0.1) is 16.1 Å². The molecule has 35 heavy (non-hydrogen) atoms. The molecule has 0 radical (unpaired) electrons. The van der Waals surface area contributed by atoms with Crippen LogP contribution in [0, 0.1) is 6.92 Å². The minimum Gasteiger partial charge on any atom is -0.367 e. The Morgan fingerprint density at radius 1 is 1.09 bits per heavy atom. The van der Waals surface area contributed by atoms with E-state index in [0.717, 1.165) is 33.1 Å². The fourth-order valence-electron chi connectivity index (χ4n) is 4.35. The molecule has 1 aliphatic carbocycles. The summed E-state index contributed by atoms with van der Waals surface area (Å²) < 4.78 is 0. The number of amides is 1. The molecule has 0 atom stereocenters. The highest BCUT2D eigenvalue weighted by Crippen LogP contribution is 2.41. The van der Waals surface area contributed by atoms with Crippen molar-refractivity contribution in [3.8, 4) is 21.7 Å². The summed E-state index contributed by atoms with van der Waals surface area (Å²) in [6, 6.07) is 16.1. The predicted molar refractivity (Wildman–Crippen MR) is 143 cm³/mol. The number of thiazole rings is 1. The van der Waals surface area contributed by atoms with E-state index < -0.39 is 0 Å². The Labute approximate surface area is 214 Å². The van der Waals surface area contributed by atoms with Gasteiger partial charge in [0.2, 0.25) is 0 Å². The molecule has 0 aliphatic heterocycles. The highest BCUT2D eigenvalue weighted by atomic mass is 35.5. The summed E-state index contributed by atoms with van der Waals surface area (Å²) in [6.07, 6.45) is 8.20. The van der Waals surface area contributed by atoms with Crippen LogP contribution < -0.4 is 10.2 Å². The Morgan fingerprint density at radius 3 is 2.66 bits per heavy atom. The number of benzene rings is 1. The molecule has 1 N–H and O–H groups in total. The van der Waals surface area contributed by atoms with Gasteiger partial charge in [-0.2, -0.15) is 0 Å². The van der Waals surface area contributed by atoms with E-state index in [2.05, 4.69) is 46.5 Å². The molecule has 0 unspecified atom stereocenters. The molecule has 3 heterocycles. The van der Waals surface area contributed by atoms with Crippen molar-refractivity contribution >= 4 is 39.8 Å². The largest absolute Gasteiger partial charge is 0.367 e. The number of hydrogen-bond acceptors (Lipinski definition) is 6. The number of nitrogens with one attached hydrogen (secondary N) is 1. The van der Waals surface area contributed by atoms with Gasteiger partial charge in [-0.25, -0.2) is 15.0 Å². The molecule has 1 aliphatic rings. The first-order valence-electron chi connectivity index (χ1n) is 11.7. The van der Waals surface area contributed by atoms with Gasteiger partial charge in [0.15, 0.2) is 5.13 Å². The molecule has 0 bridgehead atoms. The topological polar surface area (TPSA) is 71.0 Å². The number of carbonyl (C=O) groups is 1. The lowest BCUT2D eigenvalue weighted by atomic mass is 10.1. The lowest BCUT2D eigenvalue weighted by Crippen LogP contribution is -2.26. The summed E-state index contributed by atoms with van der Waals surface area (Å²) in [5.74, 6) is 0.680. The molecule has 1 fully saturated rings. The molecule has 6 nitrogen and oxygen atoms in total. The number of halogens is 1. The molecule has 0 saturated heterocycles. The number of pyridine rings is 2. The monoisotopic (exact) mass is 503 g/mol. The molecule has 4 aromatic rings. The number of carbonyl (C=O) groups excluding carboxylic acids is 1. The summed E-state index contributed by atoms with van der Waals surface area (Å²) in [5, 5.41) is 4.54. The highest BCUT2D eigenvalue weighted by Gasteiger charge is 2.23. The van der Waals surface area contributed by atoms with Crippen LogP contribution in [0.5, 0.6) is 0 Å². The van der Waals surface area contributed by atoms with Crippen molar-refractivity contribution in [1.82, 2.24) is 15.0 Å². The van der Waals surface area contributed by atoms with Gasteiger partial charge in [-0.1, -0.05) is 59.5 Å². The van der Waals surface area contributed by atoms with E-state index in [4.69, 9.17) is 16.6 Å². The maximum atomic E-state index is 13.1. The third-order valence-electron chi connectivity index (χ3n) is 6.20. The van der Waals surface area contributed by atoms with E-state index in [1.165, 1.54) is 43.2 Å². The van der Waals surface area contributed by atoms with Gasteiger partial charge in [0.25, 0.3) is 5.91 Å². The van der Waals surface area contributed by atoms with Crippen molar-refractivity contribution in [2.45, 2.75) is 38.6 Å². The zero-order chi connectivity index (χ0) is 24.4. The van der Waals surface area contributed by atoms with Gasteiger partial charge in [0, 0.05) is 31.0 Å². The van der Waals surface area contributed by atoms with Crippen LogP contribution in [-0.2, 0) is 0 Å². The second kappa shape index (κ2) is 10.1. The highest BCUT2D eigenvalue weighted by molar-refractivity contribution is 7.19. The van der Waals surface area contributed by atoms with E-state index >= 15 is 0 Å². The fourth-order valence-corrected chi connectivity index (χ4v) is 5.50. The minimum absolute atomic E-state index is 0.191. The number of hydrogen-bond donors (Lipinski definition) is 1. The number of nitrogens with zero attached hydrogens (tertiary/aromatic N) is 4. The average Bonchev–Trinajstić information content (AvgIpc) is 3.54. The van der Waals surface area contributed by atoms with Crippen molar-refractivity contribution < 1.29 is 4.79 Å². The molecule has 0 spiro atoms. The molecule has 178 valence electrons. The second-order valence-corrected chi connectivity index (χ2v) is 10.2. The number of rotatable bonds is 6. The van der Waals surface area contributed by atoms with Crippen LogP contribution in [0.25, 0.3) is 21.7 Å². The van der Waals surface area contributed by atoms with Crippen molar-refractivity contribution in [2.24, 2.45) is 0 Å². The van der Waals surface area contributed by atoms with E-state index in [-0.39, 0.29) is 5.91 Å². The lowest BCUT2D eigenvalue weighted by molar-refractivity contribution is 0.0992. The Morgan fingerprint density at radius 2 is 1.91 bits per heavy atom. The van der Waals surface area contributed by atoms with Gasteiger partial charge in [-0.15, -0.1) is 0 Å². The first-order chi connectivity index (χ1) is 17.0. The first kappa shape index (κ1) is 23.5. The summed E-state index contributed by atoms with van der Waals surface area (Å²) in [5.41, 5.74) is 4.49. The van der Waals surface area contributed by atoms with Gasteiger partial charge >= 0.3 is 0 Å². The van der Waals surface area contributed by atoms with Gasteiger partial charge < -0.3 is 5.32 Å². The van der Waals surface area contributed by atoms with Crippen molar-refractivity contribution in [3.05, 3.63) is 77.2 Å². The minimum atomic E-state index is -0.191. The molecule has 1 amide bonds. The van der Waals surface area contributed by atoms with Crippen LogP contribution in [-0.4, -0.2) is 33.9 Å². The SMILES string of the molecule is Cc1cccc(-c2nc(N(C)C(=O)c3ccc(Cl)nc3)sc2-c2ccnc(NC3CCCC3)c2)c1. The second-order valence-electron chi connectivity index (χ2n) is 8.83. The van der Waals surface area contributed by atoms with Crippen molar-refractivity contribution in [3.63, 3.8) is 0 Å². The number of aryl methyl sites for hydroxylation is 1. The molecule has 1 aromatic carbocycles. The number of aromatic nitrogens is 3. The Hall–Kier alpha value is -3.29. The van der Waals surface area contributed by atoms with Gasteiger partial charge in [-0.05, 0) is 55.7 Å². The van der Waals surface area contributed by atoms with Crippen molar-refractivity contribution in [2.75, 3.05) is 17.3 Å². The van der Waals surface area contributed by atoms with Crippen LogP contribution in [0.3, 0.4) is 0 Å². The fraction of sp³-hybridized carbons (Fsp3) is 0.259. The van der Waals surface area contributed by atoms with E-state index in [0.29, 0.717) is 21.9 Å². The molecule has 5 rings (SSSR count). The van der Waals surface area contributed by atoms with E-state index in [1.54, 1.807) is 24.1 Å². The summed E-state index contributed by atoms with van der Waals surface area (Å²) in [7, 11) is 1.74. The van der Waals surface area contributed by atoms with Crippen LogP contribution in [0.1, 0.15) is 41.6 Å². The summed E-state index contributed by atoms with van der Waals surface area (Å²) in [6.45, 7) is 2.07. The van der Waals surface area contributed by atoms with Gasteiger partial charge in [-0.3, -0.25) is 9.69 Å². The third kappa shape index (κ3) is 5.21. The smallest absolute Gasteiger partial charge is 0.261 e. The molecule has 8 heteroatoms. The van der Waals surface area contributed by atoms with E-state index in [9.17, 15) is 4.79 Å². The van der Waals surface area contributed by atoms with E-state index in [1.807, 2.05) is 18.3 Å².